The van der Waals surface area contributed by atoms with Crippen LogP contribution >= 0.6 is 11.6 Å². The fourth-order valence-corrected chi connectivity index (χ4v) is 2.77. The van der Waals surface area contributed by atoms with Gasteiger partial charge in [-0.15, -0.1) is 0 Å². The maximum Gasteiger partial charge on any atom is 0.204 e. The Morgan fingerprint density at radius 3 is 2.00 bits per heavy atom. The van der Waals surface area contributed by atoms with Gasteiger partial charge in [-0.2, -0.15) is 0 Å². The Morgan fingerprint density at radius 1 is 0.958 bits per heavy atom. The number of carbonyl (C=O) groups is 1. The molecule has 0 spiro atoms. The van der Waals surface area contributed by atoms with E-state index in [0.717, 1.165) is 5.56 Å². The van der Waals surface area contributed by atoms with Gasteiger partial charge >= 0.3 is 0 Å². The van der Waals surface area contributed by atoms with Crippen molar-refractivity contribution in [3.8, 4) is 17.2 Å². The Bertz CT molecular complexity index is 736. The standard InChI is InChI=1S/C19H21ClO4/c1-11(2)12-6-8-13(9-7-12)17(21)16-14(20)10-15(22-3)18(23-4)19(16)24-5/h6-11H,1-5H3. The monoisotopic (exact) mass is 348 g/mol. The second-order valence-electron chi connectivity index (χ2n) is 5.61. The molecule has 4 nitrogen and oxygen atoms in total. The molecule has 0 aliphatic heterocycles. The van der Waals surface area contributed by atoms with Crippen molar-refractivity contribution in [3.05, 3.63) is 52.0 Å². The number of hydrogen-bond donors (Lipinski definition) is 0. The van der Waals surface area contributed by atoms with Crippen molar-refractivity contribution < 1.29 is 19.0 Å². The van der Waals surface area contributed by atoms with Crippen molar-refractivity contribution in [2.45, 2.75) is 19.8 Å². The van der Waals surface area contributed by atoms with Gasteiger partial charge in [0.05, 0.1) is 31.9 Å². The average molecular weight is 349 g/mol. The van der Waals surface area contributed by atoms with Crippen LogP contribution in [0.2, 0.25) is 5.02 Å². The molecule has 0 heterocycles. The quantitative estimate of drug-likeness (QED) is 0.708. The van der Waals surface area contributed by atoms with Crippen LogP contribution in [0.1, 0.15) is 41.3 Å². The summed E-state index contributed by atoms with van der Waals surface area (Å²) in [4.78, 5) is 12.9. The van der Waals surface area contributed by atoms with Crippen LogP contribution in [0.15, 0.2) is 30.3 Å². The lowest BCUT2D eigenvalue weighted by atomic mass is 9.97. The fraction of sp³-hybridized carbons (Fsp3) is 0.316. The lowest BCUT2D eigenvalue weighted by Crippen LogP contribution is -2.07. The van der Waals surface area contributed by atoms with E-state index in [-0.39, 0.29) is 22.1 Å². The number of ether oxygens (including phenoxy) is 3. The van der Waals surface area contributed by atoms with Crippen LogP contribution in [0.25, 0.3) is 0 Å². The summed E-state index contributed by atoms with van der Waals surface area (Å²) in [6.07, 6.45) is 0. The van der Waals surface area contributed by atoms with E-state index in [0.29, 0.717) is 23.0 Å². The van der Waals surface area contributed by atoms with Gasteiger partial charge in [-0.05, 0) is 11.5 Å². The number of carbonyl (C=O) groups excluding carboxylic acids is 1. The number of ketones is 1. The highest BCUT2D eigenvalue weighted by Crippen LogP contribution is 2.44. The molecule has 0 atom stereocenters. The Kier molecular flexibility index (Phi) is 5.73. The molecule has 0 N–H and O–H groups in total. The molecule has 0 aliphatic rings. The molecule has 0 fully saturated rings. The third-order valence-electron chi connectivity index (χ3n) is 3.85. The lowest BCUT2D eigenvalue weighted by Gasteiger charge is -2.17. The van der Waals surface area contributed by atoms with Crippen LogP contribution in [0, 0.1) is 0 Å². The minimum absolute atomic E-state index is 0.229. The molecule has 0 aromatic heterocycles. The highest BCUT2D eigenvalue weighted by molar-refractivity contribution is 6.35. The number of benzene rings is 2. The van der Waals surface area contributed by atoms with Crippen molar-refractivity contribution in [2.75, 3.05) is 21.3 Å². The molecule has 2 aromatic carbocycles. The molecule has 0 bridgehead atoms. The van der Waals surface area contributed by atoms with Gasteiger partial charge in [0.1, 0.15) is 0 Å². The molecule has 0 unspecified atom stereocenters. The third-order valence-corrected chi connectivity index (χ3v) is 4.15. The van der Waals surface area contributed by atoms with Gasteiger partial charge < -0.3 is 14.2 Å². The molecule has 0 aliphatic carbocycles. The minimum atomic E-state index is -0.229. The van der Waals surface area contributed by atoms with E-state index in [1.165, 1.54) is 21.3 Å². The maximum absolute atomic E-state index is 12.9. The Hall–Kier alpha value is -2.20. The summed E-state index contributed by atoms with van der Waals surface area (Å²) in [6.45, 7) is 4.20. The zero-order valence-electron chi connectivity index (χ0n) is 14.5. The van der Waals surface area contributed by atoms with Crippen molar-refractivity contribution in [2.24, 2.45) is 0 Å². The van der Waals surface area contributed by atoms with E-state index < -0.39 is 0 Å². The molecule has 0 radical (unpaired) electrons. The average Bonchev–Trinajstić information content (AvgIpc) is 2.59. The largest absolute Gasteiger partial charge is 0.493 e. The first kappa shape index (κ1) is 18.1. The molecule has 0 saturated carbocycles. The van der Waals surface area contributed by atoms with Gasteiger partial charge in [0.2, 0.25) is 5.75 Å². The van der Waals surface area contributed by atoms with E-state index in [4.69, 9.17) is 25.8 Å². The molecular formula is C19H21ClO4. The number of methoxy groups -OCH3 is 3. The van der Waals surface area contributed by atoms with E-state index in [1.54, 1.807) is 18.2 Å². The van der Waals surface area contributed by atoms with Crippen LogP contribution in [0.4, 0.5) is 0 Å². The highest BCUT2D eigenvalue weighted by Gasteiger charge is 2.25. The summed E-state index contributed by atoms with van der Waals surface area (Å²) in [5.74, 6) is 1.18. The van der Waals surface area contributed by atoms with Crippen LogP contribution in [-0.4, -0.2) is 27.1 Å². The van der Waals surface area contributed by atoms with Crippen LogP contribution in [-0.2, 0) is 0 Å². The highest BCUT2D eigenvalue weighted by atomic mass is 35.5. The Balaban J connectivity index is 2.56. The molecule has 0 saturated heterocycles. The van der Waals surface area contributed by atoms with Gasteiger partial charge in [0, 0.05) is 11.6 Å². The van der Waals surface area contributed by atoms with Crippen molar-refractivity contribution in [1.29, 1.82) is 0 Å². The summed E-state index contributed by atoms with van der Waals surface area (Å²) < 4.78 is 16.0. The maximum atomic E-state index is 12.9. The lowest BCUT2D eigenvalue weighted by molar-refractivity contribution is 0.103. The fourth-order valence-electron chi connectivity index (χ4n) is 2.50. The van der Waals surface area contributed by atoms with Crippen LogP contribution < -0.4 is 14.2 Å². The summed E-state index contributed by atoms with van der Waals surface area (Å²) in [6, 6.07) is 9.03. The number of hydrogen-bond acceptors (Lipinski definition) is 4. The zero-order valence-corrected chi connectivity index (χ0v) is 15.2. The summed E-state index contributed by atoms with van der Waals surface area (Å²) in [5, 5.41) is 0.252. The van der Waals surface area contributed by atoms with Gasteiger partial charge in [0.25, 0.3) is 0 Å². The predicted molar refractivity (Wildman–Crippen MR) is 95.1 cm³/mol. The number of halogens is 1. The molecule has 5 heteroatoms. The second-order valence-corrected chi connectivity index (χ2v) is 6.02. The van der Waals surface area contributed by atoms with E-state index in [2.05, 4.69) is 13.8 Å². The van der Waals surface area contributed by atoms with Gasteiger partial charge in [0.15, 0.2) is 17.3 Å². The summed E-state index contributed by atoms with van der Waals surface area (Å²) in [5.41, 5.74) is 1.96. The van der Waals surface area contributed by atoms with Crippen LogP contribution in [0.5, 0.6) is 17.2 Å². The third kappa shape index (κ3) is 3.34. The Morgan fingerprint density at radius 2 is 1.54 bits per heavy atom. The van der Waals surface area contributed by atoms with E-state index in [9.17, 15) is 4.79 Å². The molecule has 24 heavy (non-hydrogen) atoms. The first-order valence-electron chi connectivity index (χ1n) is 7.57. The van der Waals surface area contributed by atoms with E-state index >= 15 is 0 Å². The van der Waals surface area contributed by atoms with Gasteiger partial charge in [-0.3, -0.25) is 4.79 Å². The molecule has 128 valence electrons. The molecule has 2 aromatic rings. The van der Waals surface area contributed by atoms with Gasteiger partial charge in [-0.25, -0.2) is 0 Å². The summed E-state index contributed by atoms with van der Waals surface area (Å²) in [7, 11) is 4.45. The first-order chi connectivity index (χ1) is 11.4. The van der Waals surface area contributed by atoms with Crippen molar-refractivity contribution >= 4 is 17.4 Å². The van der Waals surface area contributed by atoms with Gasteiger partial charge in [-0.1, -0.05) is 49.7 Å². The predicted octanol–water partition coefficient (Wildman–Crippen LogP) is 4.72. The zero-order chi connectivity index (χ0) is 17.9. The Labute approximate surface area is 147 Å². The minimum Gasteiger partial charge on any atom is -0.493 e. The smallest absolute Gasteiger partial charge is 0.204 e. The topological polar surface area (TPSA) is 44.8 Å². The SMILES string of the molecule is COc1cc(Cl)c(C(=O)c2ccc(C(C)C)cc2)c(OC)c1OC. The normalized spacial score (nSPS) is 10.6. The van der Waals surface area contributed by atoms with Crippen molar-refractivity contribution in [3.63, 3.8) is 0 Å². The second kappa shape index (κ2) is 7.58. The van der Waals surface area contributed by atoms with Crippen LogP contribution in [0.3, 0.4) is 0 Å². The molecule has 0 amide bonds. The summed E-state index contributed by atoms with van der Waals surface area (Å²) >= 11 is 6.31. The molecule has 2 rings (SSSR count). The molecular weight excluding hydrogens is 328 g/mol. The number of rotatable bonds is 6. The van der Waals surface area contributed by atoms with Crippen molar-refractivity contribution in [1.82, 2.24) is 0 Å². The van der Waals surface area contributed by atoms with E-state index in [1.807, 2.05) is 12.1 Å². The first-order valence-corrected chi connectivity index (χ1v) is 7.95.